The van der Waals surface area contributed by atoms with Crippen LogP contribution in [-0.4, -0.2) is 14.2 Å². The van der Waals surface area contributed by atoms with Gasteiger partial charge in [-0.1, -0.05) is 24.1 Å². The molecule has 0 unspecified atom stereocenters. The summed E-state index contributed by atoms with van der Waals surface area (Å²) in [6.07, 6.45) is 3.44. The topological polar surface area (TPSA) is 57.9 Å². The van der Waals surface area contributed by atoms with Gasteiger partial charge in [-0.2, -0.15) is 5.26 Å². The van der Waals surface area contributed by atoms with Crippen molar-refractivity contribution in [3.05, 3.63) is 29.8 Å². The minimum absolute atomic E-state index is 0.144. The lowest BCUT2D eigenvalue weighted by Gasteiger charge is -2.17. The number of rotatable bonds is 4. The molecule has 0 spiro atoms. The smallest absolute Gasteiger partial charge is 0.178 e. The first-order valence-corrected chi connectivity index (χ1v) is 8.34. The molecule has 1 aromatic carbocycles. The molecule has 1 aromatic rings. The highest BCUT2D eigenvalue weighted by Gasteiger charge is 2.31. The van der Waals surface area contributed by atoms with Gasteiger partial charge in [0.15, 0.2) is 9.84 Å². The Balaban J connectivity index is 2.13. The first-order valence-electron chi connectivity index (χ1n) is 6.69. The Morgan fingerprint density at radius 2 is 1.84 bits per heavy atom. The molecule has 102 valence electrons. The molecule has 0 heterocycles. The van der Waals surface area contributed by atoms with Gasteiger partial charge in [-0.25, -0.2) is 8.42 Å². The van der Waals surface area contributed by atoms with Gasteiger partial charge in [-0.05, 0) is 43.7 Å². The summed E-state index contributed by atoms with van der Waals surface area (Å²) in [4.78, 5) is 0.403. The molecule has 0 saturated heterocycles. The number of nitrogens with zero attached hydrogens (tertiary/aromatic N) is 1. The van der Waals surface area contributed by atoms with Crippen molar-refractivity contribution in [1.82, 2.24) is 0 Å². The van der Waals surface area contributed by atoms with E-state index in [-0.39, 0.29) is 17.6 Å². The Morgan fingerprint density at radius 1 is 1.21 bits per heavy atom. The van der Waals surface area contributed by atoms with E-state index < -0.39 is 9.84 Å². The van der Waals surface area contributed by atoms with Crippen molar-refractivity contribution in [2.75, 3.05) is 5.75 Å². The third-order valence-corrected chi connectivity index (χ3v) is 5.84. The van der Waals surface area contributed by atoms with Crippen LogP contribution in [-0.2, 0) is 9.84 Å². The molecule has 1 aliphatic rings. The Morgan fingerprint density at radius 3 is 2.47 bits per heavy atom. The molecular formula is C15H19NO2S. The molecule has 4 heteroatoms. The summed E-state index contributed by atoms with van der Waals surface area (Å²) in [7, 11) is -3.22. The molecule has 0 aliphatic heterocycles. The molecular weight excluding hydrogens is 258 g/mol. The molecule has 0 aromatic heterocycles. The largest absolute Gasteiger partial charge is 0.224 e. The van der Waals surface area contributed by atoms with Crippen LogP contribution in [0.2, 0.25) is 0 Å². The predicted octanol–water partition coefficient (Wildman–Crippen LogP) is 3.10. The van der Waals surface area contributed by atoms with Crippen LogP contribution in [0.25, 0.3) is 0 Å². The molecule has 0 bridgehead atoms. The fourth-order valence-corrected chi connectivity index (χ4v) is 4.59. The normalized spacial score (nSPS) is 23.2. The number of hydrogen-bond acceptors (Lipinski definition) is 3. The maximum Gasteiger partial charge on any atom is 0.178 e. The lowest BCUT2D eigenvalue weighted by molar-refractivity contribution is 0.425. The standard InChI is InChI=1S/C15H19NO2S/c1-12-5-7-15(8-6-12)19(17,18)11-14-4-2-3-13(14)9-10-16/h5-8,13-14H,2-4,9,11H2,1H3/t13-,14-/m0/s1. The van der Waals surface area contributed by atoms with E-state index in [9.17, 15) is 8.42 Å². The van der Waals surface area contributed by atoms with Crippen molar-refractivity contribution in [3.63, 3.8) is 0 Å². The van der Waals surface area contributed by atoms with Gasteiger partial charge >= 0.3 is 0 Å². The van der Waals surface area contributed by atoms with E-state index in [1.54, 1.807) is 12.1 Å². The van der Waals surface area contributed by atoms with E-state index in [0.29, 0.717) is 11.3 Å². The van der Waals surface area contributed by atoms with Crippen molar-refractivity contribution in [2.24, 2.45) is 11.8 Å². The lowest BCUT2D eigenvalue weighted by Crippen LogP contribution is -2.19. The molecule has 0 amide bonds. The highest BCUT2D eigenvalue weighted by atomic mass is 32.2. The summed E-state index contributed by atoms with van der Waals surface area (Å²) in [6.45, 7) is 1.94. The average Bonchev–Trinajstić information content (AvgIpc) is 2.77. The Bertz CT molecular complexity index is 569. The van der Waals surface area contributed by atoms with E-state index in [1.165, 1.54) is 0 Å². The van der Waals surface area contributed by atoms with Crippen molar-refractivity contribution in [2.45, 2.75) is 37.5 Å². The van der Waals surface area contributed by atoms with E-state index in [4.69, 9.17) is 5.26 Å². The number of hydrogen-bond donors (Lipinski definition) is 0. The van der Waals surface area contributed by atoms with Crippen LogP contribution in [0.5, 0.6) is 0 Å². The van der Waals surface area contributed by atoms with E-state index in [0.717, 1.165) is 24.8 Å². The van der Waals surface area contributed by atoms with Gasteiger partial charge in [0.25, 0.3) is 0 Å². The third-order valence-electron chi connectivity index (χ3n) is 3.98. The van der Waals surface area contributed by atoms with Crippen LogP contribution >= 0.6 is 0 Å². The lowest BCUT2D eigenvalue weighted by atomic mass is 9.95. The molecule has 0 radical (unpaired) electrons. The molecule has 2 rings (SSSR count). The van der Waals surface area contributed by atoms with Gasteiger partial charge in [0, 0.05) is 6.42 Å². The number of benzene rings is 1. The SMILES string of the molecule is Cc1ccc(S(=O)(=O)C[C@@H]2CCC[C@H]2CC#N)cc1. The predicted molar refractivity (Wildman–Crippen MR) is 74.3 cm³/mol. The molecule has 19 heavy (non-hydrogen) atoms. The summed E-state index contributed by atoms with van der Waals surface area (Å²) in [5.41, 5.74) is 1.06. The number of nitriles is 1. The monoisotopic (exact) mass is 277 g/mol. The van der Waals surface area contributed by atoms with Crippen molar-refractivity contribution in [1.29, 1.82) is 5.26 Å². The minimum Gasteiger partial charge on any atom is -0.224 e. The quantitative estimate of drug-likeness (QED) is 0.849. The number of sulfone groups is 1. The number of aryl methyl sites for hydroxylation is 1. The first-order chi connectivity index (χ1) is 9.03. The van der Waals surface area contributed by atoms with Gasteiger partial charge in [-0.15, -0.1) is 0 Å². The zero-order valence-electron chi connectivity index (χ0n) is 11.2. The van der Waals surface area contributed by atoms with Crippen LogP contribution in [0.15, 0.2) is 29.2 Å². The maximum atomic E-state index is 12.4. The highest BCUT2D eigenvalue weighted by molar-refractivity contribution is 7.91. The fourth-order valence-electron chi connectivity index (χ4n) is 2.84. The molecule has 2 atom stereocenters. The molecule has 0 N–H and O–H groups in total. The first kappa shape index (κ1) is 14.1. The average molecular weight is 277 g/mol. The summed E-state index contributed by atoms with van der Waals surface area (Å²) in [6, 6.07) is 9.19. The van der Waals surface area contributed by atoms with Crippen LogP contribution in [0.3, 0.4) is 0 Å². The summed E-state index contributed by atoms with van der Waals surface area (Å²) in [5, 5.41) is 8.79. The molecule has 1 saturated carbocycles. The highest BCUT2D eigenvalue weighted by Crippen LogP contribution is 2.35. The van der Waals surface area contributed by atoms with Crippen molar-refractivity contribution < 1.29 is 8.42 Å². The van der Waals surface area contributed by atoms with Crippen molar-refractivity contribution >= 4 is 9.84 Å². The van der Waals surface area contributed by atoms with Gasteiger partial charge in [0.2, 0.25) is 0 Å². The zero-order valence-corrected chi connectivity index (χ0v) is 12.0. The third kappa shape index (κ3) is 3.36. The van der Waals surface area contributed by atoms with Gasteiger partial charge in [-0.3, -0.25) is 0 Å². The van der Waals surface area contributed by atoms with Crippen LogP contribution in [0, 0.1) is 30.1 Å². The van der Waals surface area contributed by atoms with Crippen molar-refractivity contribution in [3.8, 4) is 6.07 Å². The van der Waals surface area contributed by atoms with Crippen LogP contribution < -0.4 is 0 Å². The van der Waals surface area contributed by atoms with Gasteiger partial charge in [0.1, 0.15) is 0 Å². The molecule has 3 nitrogen and oxygen atoms in total. The van der Waals surface area contributed by atoms with Crippen LogP contribution in [0.4, 0.5) is 0 Å². The van der Waals surface area contributed by atoms with E-state index in [1.807, 2.05) is 19.1 Å². The van der Waals surface area contributed by atoms with Gasteiger partial charge < -0.3 is 0 Å². The Labute approximate surface area is 115 Å². The zero-order chi connectivity index (χ0) is 13.9. The minimum atomic E-state index is -3.22. The Kier molecular flexibility index (Phi) is 4.26. The molecule has 1 fully saturated rings. The van der Waals surface area contributed by atoms with E-state index >= 15 is 0 Å². The maximum absolute atomic E-state index is 12.4. The molecule has 1 aliphatic carbocycles. The summed E-state index contributed by atoms with van der Waals surface area (Å²) >= 11 is 0. The van der Waals surface area contributed by atoms with E-state index in [2.05, 4.69) is 6.07 Å². The second kappa shape index (κ2) is 5.75. The fraction of sp³-hybridized carbons (Fsp3) is 0.533. The summed E-state index contributed by atoms with van der Waals surface area (Å²) < 4.78 is 24.7. The van der Waals surface area contributed by atoms with Gasteiger partial charge in [0.05, 0.1) is 16.7 Å². The second-order valence-electron chi connectivity index (χ2n) is 5.41. The summed E-state index contributed by atoms with van der Waals surface area (Å²) in [5.74, 6) is 0.582. The Hall–Kier alpha value is -1.34. The second-order valence-corrected chi connectivity index (χ2v) is 7.44. The van der Waals surface area contributed by atoms with Crippen LogP contribution in [0.1, 0.15) is 31.2 Å².